The molecule has 2 aromatic heterocycles. The zero-order chi connectivity index (χ0) is 49.9. The number of imide groups is 1. The van der Waals surface area contributed by atoms with Crippen molar-refractivity contribution in [1.82, 2.24) is 34.4 Å². The third-order valence-corrected chi connectivity index (χ3v) is 15.0. The summed E-state index contributed by atoms with van der Waals surface area (Å²) in [4.78, 5) is 72.4. The number of nitrogens with one attached hydrogen (secondary N) is 1. The average Bonchev–Trinajstić information content (AvgIpc) is 3.81. The molecule has 1 aliphatic carbocycles. The Morgan fingerprint density at radius 2 is 1.65 bits per heavy atom. The second-order valence-electron chi connectivity index (χ2n) is 20.4. The molecule has 4 aromatic carbocycles. The van der Waals surface area contributed by atoms with Gasteiger partial charge in [0.05, 0.1) is 29.4 Å². The number of hydrogen-bond donors (Lipinski definition) is 1. The van der Waals surface area contributed by atoms with Gasteiger partial charge in [-0.05, 0) is 102 Å². The highest BCUT2D eigenvalue weighted by molar-refractivity contribution is 6.35. The van der Waals surface area contributed by atoms with E-state index in [2.05, 4.69) is 33.0 Å². The van der Waals surface area contributed by atoms with E-state index in [-0.39, 0.29) is 49.3 Å². The first-order chi connectivity index (χ1) is 34.0. The first kappa shape index (κ1) is 47.9. The van der Waals surface area contributed by atoms with Crippen LogP contribution >= 0.6 is 11.6 Å². The van der Waals surface area contributed by atoms with E-state index in [1.807, 2.05) is 87.6 Å². The molecule has 1 unspecified atom stereocenters. The van der Waals surface area contributed by atoms with Gasteiger partial charge in [0.25, 0.3) is 11.8 Å². The van der Waals surface area contributed by atoms with E-state index in [0.29, 0.717) is 79.8 Å². The molecule has 71 heavy (non-hydrogen) atoms. The number of benzene rings is 4. The summed E-state index contributed by atoms with van der Waals surface area (Å²) in [6.07, 6.45) is 3.43. The maximum Gasteiger partial charge on any atom is 0.355 e. The van der Waals surface area contributed by atoms with Crippen LogP contribution in [0.2, 0.25) is 5.02 Å². The Morgan fingerprint density at radius 3 is 2.39 bits per heavy atom. The summed E-state index contributed by atoms with van der Waals surface area (Å²) >= 11 is 7.26. The fourth-order valence-electron chi connectivity index (χ4n) is 11.0. The Bertz CT molecular complexity index is 3140. The van der Waals surface area contributed by atoms with Crippen molar-refractivity contribution < 1.29 is 38.2 Å². The van der Waals surface area contributed by atoms with Gasteiger partial charge in [-0.3, -0.25) is 34.1 Å². The molecule has 370 valence electrons. The molecular weight excluding hydrogens is 922 g/mol. The lowest BCUT2D eigenvalue weighted by Crippen LogP contribution is -2.57. The highest BCUT2D eigenvalue weighted by Gasteiger charge is 2.52. The Morgan fingerprint density at radius 1 is 0.887 bits per heavy atom. The van der Waals surface area contributed by atoms with Gasteiger partial charge in [-0.15, -0.1) is 0 Å². The van der Waals surface area contributed by atoms with Crippen molar-refractivity contribution in [3.63, 3.8) is 0 Å². The first-order valence-electron chi connectivity index (χ1n) is 24.6. The summed E-state index contributed by atoms with van der Waals surface area (Å²) in [5.74, 6) is -0.458. The predicted octanol–water partition coefficient (Wildman–Crippen LogP) is 7.95. The molecule has 1 spiro atoms. The SMILES string of the molecule is Cc1nn(C)c(C)c1-c1c(Cl)ccc2c(CCCOc3cccc4ccccc34)c(C(=O)OC(C)(C)C)n(CCN3CCN(C(=O)COc4cccc5c4CN(C4CCC(=O)NC4=O)C5=O)CC34CC4)c12. The van der Waals surface area contributed by atoms with Crippen molar-refractivity contribution in [2.45, 2.75) is 103 Å². The summed E-state index contributed by atoms with van der Waals surface area (Å²) in [5.41, 5.74) is 5.81. The fourth-order valence-corrected chi connectivity index (χ4v) is 11.2. The normalized spacial score (nSPS) is 17.8. The number of ether oxygens (including phenoxy) is 3. The molecule has 3 fully saturated rings. The standard InChI is InChI=1S/C55H60ClN7O8/c1-33-47(34(2)59(6)58-33)48-41(56)20-19-38-37(16-11-29-69-43-17-9-13-35-12-7-8-14-36(35)43)50(53(68)71-54(3,4)5)62(49(38)48)28-27-61-26-25-60(32-55(61)23-24-55)46(65)31-70-44-18-10-15-39-40(44)30-63(52(39)67)42-21-22-45(64)57-51(42)66/h7-10,12-15,17-20,42H,11,16,21-32H2,1-6H3,(H,57,64,66). The van der Waals surface area contributed by atoms with Gasteiger partial charge in [-0.1, -0.05) is 60.1 Å². The summed E-state index contributed by atoms with van der Waals surface area (Å²) in [6, 6.07) is 22.6. The van der Waals surface area contributed by atoms with Crippen LogP contribution in [0.3, 0.4) is 0 Å². The van der Waals surface area contributed by atoms with E-state index >= 15 is 0 Å². The van der Waals surface area contributed by atoms with Crippen molar-refractivity contribution in [3.05, 3.63) is 112 Å². The summed E-state index contributed by atoms with van der Waals surface area (Å²) in [6.45, 7) is 12.7. The molecule has 10 rings (SSSR count). The van der Waals surface area contributed by atoms with Gasteiger partial charge in [0.15, 0.2) is 6.61 Å². The largest absolute Gasteiger partial charge is 0.493 e. The van der Waals surface area contributed by atoms with E-state index in [1.165, 1.54) is 4.90 Å². The van der Waals surface area contributed by atoms with Gasteiger partial charge in [-0.2, -0.15) is 5.10 Å². The molecule has 0 radical (unpaired) electrons. The van der Waals surface area contributed by atoms with Crippen LogP contribution in [0.4, 0.5) is 0 Å². The number of halogens is 1. The second kappa shape index (κ2) is 18.8. The molecular formula is C55H60ClN7O8. The van der Waals surface area contributed by atoms with Gasteiger partial charge in [0.1, 0.15) is 28.8 Å². The van der Waals surface area contributed by atoms with Crippen molar-refractivity contribution in [2.24, 2.45) is 7.05 Å². The lowest BCUT2D eigenvalue weighted by atomic mass is 9.98. The van der Waals surface area contributed by atoms with Gasteiger partial charge in [0, 0.05) is 90.5 Å². The van der Waals surface area contributed by atoms with Crippen LogP contribution < -0.4 is 14.8 Å². The zero-order valence-electron chi connectivity index (χ0n) is 41.2. The van der Waals surface area contributed by atoms with E-state index < -0.39 is 23.5 Å². The van der Waals surface area contributed by atoms with Crippen molar-refractivity contribution >= 4 is 62.9 Å². The average molecular weight is 983 g/mol. The van der Waals surface area contributed by atoms with Crippen LogP contribution in [0.25, 0.3) is 32.8 Å². The third-order valence-electron chi connectivity index (χ3n) is 14.7. The number of piperidine rings is 1. The number of aryl methyl sites for hydroxylation is 3. The van der Waals surface area contributed by atoms with Crippen molar-refractivity contribution in [1.29, 1.82) is 0 Å². The quantitative estimate of drug-likeness (QED) is 0.0646. The summed E-state index contributed by atoms with van der Waals surface area (Å²) in [5, 5.41) is 10.8. The monoisotopic (exact) mass is 981 g/mol. The van der Waals surface area contributed by atoms with Gasteiger partial charge in [0.2, 0.25) is 11.8 Å². The lowest BCUT2D eigenvalue weighted by Gasteiger charge is -2.42. The Hall–Kier alpha value is -6.71. The minimum Gasteiger partial charge on any atom is -0.493 e. The second-order valence-corrected chi connectivity index (χ2v) is 20.8. The molecule has 1 atom stereocenters. The zero-order valence-corrected chi connectivity index (χ0v) is 42.0. The number of piperazine rings is 1. The first-order valence-corrected chi connectivity index (χ1v) is 25.0. The van der Waals surface area contributed by atoms with E-state index in [1.54, 1.807) is 18.2 Å². The highest BCUT2D eigenvalue weighted by atomic mass is 35.5. The lowest BCUT2D eigenvalue weighted by molar-refractivity contribution is -0.137. The van der Waals surface area contributed by atoms with Crippen molar-refractivity contribution in [2.75, 3.05) is 39.4 Å². The van der Waals surface area contributed by atoms with Gasteiger partial charge in [-0.25, -0.2) is 4.79 Å². The maximum absolute atomic E-state index is 14.8. The summed E-state index contributed by atoms with van der Waals surface area (Å²) in [7, 11) is 1.92. The fraction of sp³-hybridized carbons (Fsp3) is 0.418. The number of fused-ring (bicyclic) bond motifs is 3. The third kappa shape index (κ3) is 9.14. The van der Waals surface area contributed by atoms with Crippen LogP contribution in [0.5, 0.6) is 11.5 Å². The van der Waals surface area contributed by atoms with Gasteiger partial charge >= 0.3 is 5.97 Å². The molecule has 6 aromatic rings. The smallest absolute Gasteiger partial charge is 0.355 e. The molecule has 15 nitrogen and oxygen atoms in total. The minimum atomic E-state index is -0.761. The van der Waals surface area contributed by atoms with Gasteiger partial charge < -0.3 is 28.6 Å². The van der Waals surface area contributed by atoms with Crippen LogP contribution in [-0.2, 0) is 45.7 Å². The maximum atomic E-state index is 14.8. The number of nitrogens with zero attached hydrogens (tertiary/aromatic N) is 6. The molecule has 2 saturated heterocycles. The molecule has 4 aliphatic rings. The number of carbonyl (C=O) groups excluding carboxylic acids is 5. The molecule has 16 heteroatoms. The molecule has 1 N–H and O–H groups in total. The Labute approximate surface area is 417 Å². The number of hydrogen-bond acceptors (Lipinski definition) is 10. The topological polar surface area (TPSA) is 158 Å². The Balaban J connectivity index is 0.901. The number of rotatable bonds is 14. The summed E-state index contributed by atoms with van der Waals surface area (Å²) < 4.78 is 22.8. The van der Waals surface area contributed by atoms with Crippen LogP contribution in [0.1, 0.15) is 96.2 Å². The number of carbonyl (C=O) groups is 5. The van der Waals surface area contributed by atoms with E-state index in [4.69, 9.17) is 30.9 Å². The highest BCUT2D eigenvalue weighted by Crippen LogP contribution is 2.46. The number of esters is 1. The molecule has 5 heterocycles. The number of amides is 4. The van der Waals surface area contributed by atoms with E-state index in [0.717, 1.165) is 68.3 Å². The minimum absolute atomic E-state index is 0.149. The van der Waals surface area contributed by atoms with Crippen LogP contribution in [0.15, 0.2) is 72.8 Å². The van der Waals surface area contributed by atoms with Crippen LogP contribution in [0, 0.1) is 13.8 Å². The Kier molecular flexibility index (Phi) is 12.7. The molecule has 3 aliphatic heterocycles. The molecule has 1 saturated carbocycles. The predicted molar refractivity (Wildman–Crippen MR) is 270 cm³/mol. The van der Waals surface area contributed by atoms with Crippen molar-refractivity contribution in [3.8, 4) is 22.6 Å². The number of aromatic nitrogens is 3. The van der Waals surface area contributed by atoms with Crippen LogP contribution in [-0.4, -0.2) is 115 Å². The molecule has 4 amide bonds. The molecule has 0 bridgehead atoms. The van der Waals surface area contributed by atoms with E-state index in [9.17, 15) is 24.0 Å².